The smallest absolute Gasteiger partial charge is 0.255 e. The SMILES string of the molecule is COCc1cncc(C(=O)N2CCCCC2C2(CN)CCC2)c1. The highest BCUT2D eigenvalue weighted by atomic mass is 16.5. The summed E-state index contributed by atoms with van der Waals surface area (Å²) in [7, 11) is 1.65. The highest BCUT2D eigenvalue weighted by Gasteiger charge is 2.47. The van der Waals surface area contributed by atoms with Crippen molar-refractivity contribution in [1.29, 1.82) is 0 Å². The van der Waals surface area contributed by atoms with Crippen molar-refractivity contribution in [2.75, 3.05) is 20.2 Å². The molecule has 0 radical (unpaired) electrons. The minimum absolute atomic E-state index is 0.0971. The fourth-order valence-corrected chi connectivity index (χ4v) is 4.13. The van der Waals surface area contributed by atoms with Gasteiger partial charge in [-0.1, -0.05) is 6.42 Å². The maximum absolute atomic E-state index is 13.1. The Morgan fingerprint density at radius 3 is 2.87 bits per heavy atom. The molecule has 1 aliphatic heterocycles. The van der Waals surface area contributed by atoms with E-state index in [1.54, 1.807) is 19.5 Å². The molecule has 2 heterocycles. The van der Waals surface area contributed by atoms with E-state index in [-0.39, 0.29) is 17.4 Å². The molecule has 1 amide bonds. The number of amides is 1. The van der Waals surface area contributed by atoms with Crippen LogP contribution in [0, 0.1) is 5.41 Å². The monoisotopic (exact) mass is 317 g/mol. The van der Waals surface area contributed by atoms with Crippen molar-refractivity contribution >= 4 is 5.91 Å². The molecule has 1 aromatic heterocycles. The average Bonchev–Trinajstić information content (AvgIpc) is 2.55. The van der Waals surface area contributed by atoms with E-state index >= 15 is 0 Å². The third-order valence-electron chi connectivity index (χ3n) is 5.58. The number of hydrogen-bond acceptors (Lipinski definition) is 4. The number of hydrogen-bond donors (Lipinski definition) is 1. The zero-order valence-corrected chi connectivity index (χ0v) is 14.0. The van der Waals surface area contributed by atoms with E-state index < -0.39 is 0 Å². The molecule has 0 spiro atoms. The van der Waals surface area contributed by atoms with Gasteiger partial charge in [0.2, 0.25) is 0 Å². The zero-order chi connectivity index (χ0) is 16.3. The molecule has 1 aromatic rings. The summed E-state index contributed by atoms with van der Waals surface area (Å²) in [6.45, 7) is 1.99. The van der Waals surface area contributed by atoms with Crippen LogP contribution >= 0.6 is 0 Å². The van der Waals surface area contributed by atoms with E-state index in [1.165, 1.54) is 12.8 Å². The van der Waals surface area contributed by atoms with Gasteiger partial charge in [-0.15, -0.1) is 0 Å². The summed E-state index contributed by atoms with van der Waals surface area (Å²) in [6, 6.07) is 2.19. The summed E-state index contributed by atoms with van der Waals surface area (Å²) in [6.07, 6.45) is 10.3. The first-order valence-electron chi connectivity index (χ1n) is 8.64. The normalized spacial score (nSPS) is 23.4. The summed E-state index contributed by atoms with van der Waals surface area (Å²) in [4.78, 5) is 19.4. The minimum Gasteiger partial charge on any atom is -0.380 e. The summed E-state index contributed by atoms with van der Waals surface area (Å²) in [5.41, 5.74) is 7.84. The van der Waals surface area contributed by atoms with E-state index in [4.69, 9.17) is 10.5 Å². The second-order valence-electron chi connectivity index (χ2n) is 6.95. The first-order chi connectivity index (χ1) is 11.2. The Hall–Kier alpha value is -1.46. The Kier molecular flexibility index (Phi) is 4.97. The number of aromatic nitrogens is 1. The Balaban J connectivity index is 1.82. The Labute approximate surface area is 138 Å². The van der Waals surface area contributed by atoms with Crippen LogP contribution in [-0.2, 0) is 11.3 Å². The van der Waals surface area contributed by atoms with E-state index in [2.05, 4.69) is 9.88 Å². The molecule has 1 unspecified atom stereocenters. The van der Waals surface area contributed by atoms with Crippen LogP contribution in [-0.4, -0.2) is 42.0 Å². The molecule has 1 saturated carbocycles. The Morgan fingerprint density at radius 1 is 1.39 bits per heavy atom. The van der Waals surface area contributed by atoms with Crippen LogP contribution in [0.1, 0.15) is 54.4 Å². The first kappa shape index (κ1) is 16.4. The number of methoxy groups -OCH3 is 1. The summed E-state index contributed by atoms with van der Waals surface area (Å²) < 4.78 is 5.15. The summed E-state index contributed by atoms with van der Waals surface area (Å²) in [5, 5.41) is 0. The van der Waals surface area contributed by atoms with Gasteiger partial charge in [-0.05, 0) is 50.3 Å². The molecule has 126 valence electrons. The minimum atomic E-state index is 0.0971. The number of piperidine rings is 1. The van der Waals surface area contributed by atoms with E-state index in [0.29, 0.717) is 18.7 Å². The number of nitrogens with two attached hydrogens (primary N) is 1. The molecular weight excluding hydrogens is 290 g/mol. The second kappa shape index (κ2) is 6.97. The molecule has 2 N–H and O–H groups in total. The molecule has 5 nitrogen and oxygen atoms in total. The highest BCUT2D eigenvalue weighted by Crippen LogP contribution is 2.47. The van der Waals surface area contributed by atoms with Crippen molar-refractivity contribution in [2.24, 2.45) is 11.1 Å². The highest BCUT2D eigenvalue weighted by molar-refractivity contribution is 5.94. The number of pyridine rings is 1. The number of carbonyl (C=O) groups excluding carboxylic acids is 1. The van der Waals surface area contributed by atoms with Gasteiger partial charge in [0.25, 0.3) is 5.91 Å². The van der Waals surface area contributed by atoms with Crippen molar-refractivity contribution < 1.29 is 9.53 Å². The lowest BCUT2D eigenvalue weighted by atomic mass is 9.61. The molecule has 2 aliphatic rings. The molecular formula is C18H27N3O2. The standard InChI is InChI=1S/C18H27N3O2/c1-23-12-14-9-15(11-20-10-14)17(22)21-8-3-2-5-16(21)18(13-19)6-4-7-18/h9-11,16H,2-8,12-13,19H2,1H3. The van der Waals surface area contributed by atoms with Crippen molar-refractivity contribution in [3.05, 3.63) is 29.6 Å². The quantitative estimate of drug-likeness (QED) is 0.905. The second-order valence-corrected chi connectivity index (χ2v) is 6.95. The van der Waals surface area contributed by atoms with Crippen LogP contribution < -0.4 is 5.73 Å². The topological polar surface area (TPSA) is 68.5 Å². The van der Waals surface area contributed by atoms with Crippen molar-refractivity contribution in [1.82, 2.24) is 9.88 Å². The average molecular weight is 317 g/mol. The van der Waals surface area contributed by atoms with Crippen LogP contribution in [0.3, 0.4) is 0 Å². The van der Waals surface area contributed by atoms with E-state index in [9.17, 15) is 4.79 Å². The van der Waals surface area contributed by atoms with Crippen LogP contribution in [0.15, 0.2) is 18.5 Å². The molecule has 23 heavy (non-hydrogen) atoms. The van der Waals surface area contributed by atoms with Gasteiger partial charge >= 0.3 is 0 Å². The van der Waals surface area contributed by atoms with Gasteiger partial charge in [0, 0.05) is 37.5 Å². The number of likely N-dealkylation sites (tertiary alicyclic amines) is 1. The predicted molar refractivity (Wildman–Crippen MR) is 89.0 cm³/mol. The van der Waals surface area contributed by atoms with Crippen LogP contribution in [0.25, 0.3) is 0 Å². The van der Waals surface area contributed by atoms with Crippen molar-refractivity contribution in [3.63, 3.8) is 0 Å². The Morgan fingerprint density at radius 2 is 2.22 bits per heavy atom. The largest absolute Gasteiger partial charge is 0.380 e. The molecule has 2 fully saturated rings. The first-order valence-corrected chi connectivity index (χ1v) is 8.64. The molecule has 0 bridgehead atoms. The lowest BCUT2D eigenvalue weighted by Crippen LogP contribution is -2.58. The summed E-state index contributed by atoms with van der Waals surface area (Å²) >= 11 is 0. The fourth-order valence-electron chi connectivity index (χ4n) is 4.13. The number of ether oxygens (including phenoxy) is 1. The number of carbonyl (C=O) groups is 1. The molecule has 1 saturated heterocycles. The molecule has 5 heteroatoms. The predicted octanol–water partition coefficient (Wildman–Crippen LogP) is 2.35. The van der Waals surface area contributed by atoms with Crippen LogP contribution in [0.2, 0.25) is 0 Å². The van der Waals surface area contributed by atoms with Crippen LogP contribution in [0.5, 0.6) is 0 Å². The van der Waals surface area contributed by atoms with Gasteiger partial charge in [-0.3, -0.25) is 9.78 Å². The fraction of sp³-hybridized carbons (Fsp3) is 0.667. The Bertz CT molecular complexity index is 551. The molecule has 0 aromatic carbocycles. The van der Waals surface area contributed by atoms with Gasteiger partial charge in [-0.25, -0.2) is 0 Å². The third-order valence-corrected chi connectivity index (χ3v) is 5.58. The van der Waals surface area contributed by atoms with Gasteiger partial charge in [-0.2, -0.15) is 0 Å². The van der Waals surface area contributed by atoms with Gasteiger partial charge in [0.15, 0.2) is 0 Å². The van der Waals surface area contributed by atoms with Gasteiger partial charge in [0.05, 0.1) is 12.2 Å². The van der Waals surface area contributed by atoms with E-state index in [0.717, 1.165) is 37.8 Å². The maximum atomic E-state index is 13.1. The number of rotatable bonds is 5. The summed E-state index contributed by atoms with van der Waals surface area (Å²) in [5.74, 6) is 0.0971. The van der Waals surface area contributed by atoms with Crippen LogP contribution in [0.4, 0.5) is 0 Å². The molecule has 1 atom stereocenters. The van der Waals surface area contributed by atoms with Crippen molar-refractivity contribution in [2.45, 2.75) is 51.2 Å². The molecule has 1 aliphatic carbocycles. The maximum Gasteiger partial charge on any atom is 0.255 e. The molecule has 3 rings (SSSR count). The van der Waals surface area contributed by atoms with E-state index in [1.807, 2.05) is 6.07 Å². The number of nitrogens with zero attached hydrogens (tertiary/aromatic N) is 2. The zero-order valence-electron chi connectivity index (χ0n) is 14.0. The lowest BCUT2D eigenvalue weighted by molar-refractivity contribution is -0.00880. The third kappa shape index (κ3) is 3.12. The van der Waals surface area contributed by atoms with Crippen molar-refractivity contribution in [3.8, 4) is 0 Å². The van der Waals surface area contributed by atoms with Gasteiger partial charge < -0.3 is 15.4 Å². The lowest BCUT2D eigenvalue weighted by Gasteiger charge is -2.53. The van der Waals surface area contributed by atoms with Gasteiger partial charge in [0.1, 0.15) is 0 Å².